The summed E-state index contributed by atoms with van der Waals surface area (Å²) in [5, 5.41) is 5.12. The number of nitrogens with two attached hydrogens (primary N) is 1. The summed E-state index contributed by atoms with van der Waals surface area (Å²) in [5.74, 6) is 0.589. The maximum atomic E-state index is 11.5. The van der Waals surface area contributed by atoms with Crippen LogP contribution in [0.3, 0.4) is 0 Å². The zero-order valence-corrected chi connectivity index (χ0v) is 15.9. The summed E-state index contributed by atoms with van der Waals surface area (Å²) in [6.45, 7) is 0. The van der Waals surface area contributed by atoms with E-state index in [4.69, 9.17) is 22.1 Å². The Balaban J connectivity index is 1.40. The molecule has 0 spiro atoms. The molecule has 8 heteroatoms. The second-order valence-electron chi connectivity index (χ2n) is 6.84. The second kappa shape index (κ2) is 7.98. The van der Waals surface area contributed by atoms with Crippen LogP contribution in [-0.2, 0) is 0 Å². The maximum absolute atomic E-state index is 11.5. The van der Waals surface area contributed by atoms with Crippen LogP contribution in [0, 0.1) is 0 Å². The number of primary amides is 1. The van der Waals surface area contributed by atoms with E-state index in [1.165, 1.54) is 0 Å². The van der Waals surface area contributed by atoms with Crippen LogP contribution in [-0.4, -0.2) is 33.0 Å². The number of carbonyl (C=O) groups is 1. The van der Waals surface area contributed by atoms with E-state index < -0.39 is 5.91 Å². The molecule has 1 fully saturated rings. The molecule has 3 aromatic rings. The number of hydrogen-bond donors (Lipinski definition) is 2. The number of amides is 1. The molecular weight excluding hydrogens is 378 g/mol. The maximum Gasteiger partial charge on any atom is 0.254 e. The average molecular weight is 398 g/mol. The minimum atomic E-state index is -0.533. The van der Waals surface area contributed by atoms with Crippen molar-refractivity contribution in [3.63, 3.8) is 0 Å². The summed E-state index contributed by atoms with van der Waals surface area (Å²) in [4.78, 5) is 24.3. The molecule has 1 aliphatic carbocycles. The van der Waals surface area contributed by atoms with Gasteiger partial charge in [-0.05, 0) is 56.0 Å². The predicted octanol–water partition coefficient (Wildman–Crippen LogP) is 3.58. The van der Waals surface area contributed by atoms with Gasteiger partial charge in [0.05, 0.1) is 5.52 Å². The number of nitrogens with one attached hydrogen (secondary N) is 1. The molecule has 1 aromatic carbocycles. The number of hydrogen-bond acceptors (Lipinski definition) is 6. The van der Waals surface area contributed by atoms with Crippen LogP contribution in [0.2, 0.25) is 5.02 Å². The lowest BCUT2D eigenvalue weighted by atomic mass is 9.93. The van der Waals surface area contributed by atoms with Crippen molar-refractivity contribution in [2.45, 2.75) is 37.8 Å². The Morgan fingerprint density at radius 2 is 1.96 bits per heavy atom. The summed E-state index contributed by atoms with van der Waals surface area (Å²) < 4.78 is 5.95. The molecule has 2 heterocycles. The first kappa shape index (κ1) is 18.4. The van der Waals surface area contributed by atoms with Crippen LogP contribution in [0.5, 0.6) is 5.88 Å². The van der Waals surface area contributed by atoms with Crippen molar-refractivity contribution in [3.05, 3.63) is 53.4 Å². The van der Waals surface area contributed by atoms with E-state index in [-0.39, 0.29) is 12.1 Å². The SMILES string of the molecule is NC(=O)c1cccnc1OC1CCC(Nc2ncnc3cc(Cl)ccc23)CC1. The van der Waals surface area contributed by atoms with Crippen LogP contribution in [0.15, 0.2) is 42.9 Å². The summed E-state index contributed by atoms with van der Waals surface area (Å²) in [6, 6.07) is 9.19. The molecule has 0 bridgehead atoms. The highest BCUT2D eigenvalue weighted by atomic mass is 35.5. The number of aromatic nitrogens is 3. The molecule has 0 aliphatic heterocycles. The predicted molar refractivity (Wildman–Crippen MR) is 108 cm³/mol. The van der Waals surface area contributed by atoms with Gasteiger partial charge in [0.15, 0.2) is 0 Å². The van der Waals surface area contributed by atoms with Crippen LogP contribution in [0.25, 0.3) is 10.9 Å². The first-order valence-corrected chi connectivity index (χ1v) is 9.56. The summed E-state index contributed by atoms with van der Waals surface area (Å²) in [7, 11) is 0. The minimum absolute atomic E-state index is 0.00648. The van der Waals surface area contributed by atoms with Crippen molar-refractivity contribution < 1.29 is 9.53 Å². The van der Waals surface area contributed by atoms with E-state index in [9.17, 15) is 4.79 Å². The van der Waals surface area contributed by atoms with E-state index in [1.54, 1.807) is 24.7 Å². The number of nitrogens with zero attached hydrogens (tertiary/aromatic N) is 3. The summed E-state index contributed by atoms with van der Waals surface area (Å²) >= 11 is 6.05. The molecule has 0 unspecified atom stereocenters. The molecule has 7 nitrogen and oxygen atoms in total. The molecule has 2 aromatic heterocycles. The third-order valence-corrected chi connectivity index (χ3v) is 5.16. The number of pyridine rings is 1. The molecule has 1 saturated carbocycles. The smallest absolute Gasteiger partial charge is 0.254 e. The quantitative estimate of drug-likeness (QED) is 0.682. The number of halogens is 1. The Morgan fingerprint density at radius 3 is 2.75 bits per heavy atom. The van der Waals surface area contributed by atoms with E-state index in [1.807, 2.05) is 18.2 Å². The lowest BCUT2D eigenvalue weighted by Gasteiger charge is -2.30. The minimum Gasteiger partial charge on any atom is -0.474 e. The molecule has 0 atom stereocenters. The molecule has 0 saturated heterocycles. The topological polar surface area (TPSA) is 103 Å². The number of anilines is 1. The fourth-order valence-electron chi connectivity index (χ4n) is 3.49. The van der Waals surface area contributed by atoms with Gasteiger partial charge in [-0.3, -0.25) is 4.79 Å². The van der Waals surface area contributed by atoms with Gasteiger partial charge in [-0.1, -0.05) is 11.6 Å². The van der Waals surface area contributed by atoms with Gasteiger partial charge in [0.25, 0.3) is 5.91 Å². The van der Waals surface area contributed by atoms with Crippen molar-refractivity contribution in [2.24, 2.45) is 5.73 Å². The van der Waals surface area contributed by atoms with Crippen LogP contribution in [0.4, 0.5) is 5.82 Å². The Hall–Kier alpha value is -2.93. The zero-order valence-electron chi connectivity index (χ0n) is 15.1. The highest BCUT2D eigenvalue weighted by Gasteiger charge is 2.24. The zero-order chi connectivity index (χ0) is 19.5. The summed E-state index contributed by atoms with van der Waals surface area (Å²) in [5.41, 5.74) is 6.52. The largest absolute Gasteiger partial charge is 0.474 e. The number of carbonyl (C=O) groups excluding carboxylic acids is 1. The fraction of sp³-hybridized carbons (Fsp3) is 0.300. The van der Waals surface area contributed by atoms with Gasteiger partial charge in [0.1, 0.15) is 23.8 Å². The van der Waals surface area contributed by atoms with Gasteiger partial charge in [-0.15, -0.1) is 0 Å². The second-order valence-corrected chi connectivity index (χ2v) is 7.28. The Morgan fingerprint density at radius 1 is 1.14 bits per heavy atom. The van der Waals surface area contributed by atoms with E-state index >= 15 is 0 Å². The Labute approximate surface area is 167 Å². The Kier molecular flexibility index (Phi) is 5.25. The number of ether oxygens (including phenoxy) is 1. The van der Waals surface area contributed by atoms with Gasteiger partial charge in [-0.25, -0.2) is 15.0 Å². The molecule has 3 N–H and O–H groups in total. The fourth-order valence-corrected chi connectivity index (χ4v) is 3.66. The highest BCUT2D eigenvalue weighted by Crippen LogP contribution is 2.28. The molecule has 0 radical (unpaired) electrons. The summed E-state index contributed by atoms with van der Waals surface area (Å²) in [6.07, 6.45) is 6.68. The van der Waals surface area contributed by atoms with E-state index in [0.717, 1.165) is 42.4 Å². The van der Waals surface area contributed by atoms with Gasteiger partial charge in [-0.2, -0.15) is 0 Å². The monoisotopic (exact) mass is 397 g/mol. The van der Waals surface area contributed by atoms with Crippen molar-refractivity contribution in [3.8, 4) is 5.88 Å². The number of rotatable bonds is 5. The highest BCUT2D eigenvalue weighted by molar-refractivity contribution is 6.31. The molecule has 1 amide bonds. The van der Waals surface area contributed by atoms with Crippen molar-refractivity contribution in [1.29, 1.82) is 0 Å². The average Bonchev–Trinajstić information content (AvgIpc) is 2.69. The van der Waals surface area contributed by atoms with E-state index in [0.29, 0.717) is 16.5 Å². The van der Waals surface area contributed by atoms with Gasteiger partial charge in [0.2, 0.25) is 5.88 Å². The molecule has 4 rings (SSSR count). The molecule has 28 heavy (non-hydrogen) atoms. The van der Waals surface area contributed by atoms with Crippen molar-refractivity contribution in [1.82, 2.24) is 15.0 Å². The lowest BCUT2D eigenvalue weighted by molar-refractivity contribution is 0.0983. The first-order chi connectivity index (χ1) is 13.6. The molecule has 144 valence electrons. The van der Waals surface area contributed by atoms with E-state index in [2.05, 4.69) is 20.3 Å². The molecule has 1 aliphatic rings. The third-order valence-electron chi connectivity index (χ3n) is 4.93. The normalized spacial score (nSPS) is 19.3. The van der Waals surface area contributed by atoms with Crippen LogP contribution in [0.1, 0.15) is 36.0 Å². The van der Waals surface area contributed by atoms with Crippen LogP contribution < -0.4 is 15.8 Å². The lowest BCUT2D eigenvalue weighted by Crippen LogP contribution is -2.32. The first-order valence-electron chi connectivity index (χ1n) is 9.18. The van der Waals surface area contributed by atoms with Gasteiger partial charge in [0, 0.05) is 22.6 Å². The Bertz CT molecular complexity index is 1000. The molecular formula is C20H20ClN5O2. The number of benzene rings is 1. The standard InChI is InChI=1S/C20H20ClN5O2/c21-12-3-8-15-17(10-12)24-11-25-19(15)26-13-4-6-14(7-5-13)28-20-16(18(22)27)2-1-9-23-20/h1-3,8-11,13-14H,4-7H2,(H2,22,27)(H,24,25,26). The third kappa shape index (κ3) is 3.99. The van der Waals surface area contributed by atoms with Gasteiger partial charge >= 0.3 is 0 Å². The number of fused-ring (bicyclic) bond motifs is 1. The van der Waals surface area contributed by atoms with Gasteiger partial charge < -0.3 is 15.8 Å². The van der Waals surface area contributed by atoms with Crippen molar-refractivity contribution >= 4 is 34.2 Å². The van der Waals surface area contributed by atoms with Crippen LogP contribution >= 0.6 is 11.6 Å². The van der Waals surface area contributed by atoms with Crippen molar-refractivity contribution in [2.75, 3.05) is 5.32 Å².